The average Bonchev–Trinajstić information content (AvgIpc) is 2.26. The summed E-state index contributed by atoms with van der Waals surface area (Å²) in [4.78, 5) is 2.22. The minimum Gasteiger partial charge on any atom is -0.361 e. The molecule has 1 fully saturated rings. The summed E-state index contributed by atoms with van der Waals surface area (Å²) in [7, 11) is 0. The zero-order chi connectivity index (χ0) is 12.0. The van der Waals surface area contributed by atoms with E-state index in [2.05, 4.69) is 36.7 Å². The molecular weight excluding hydrogens is 202 g/mol. The van der Waals surface area contributed by atoms with Crippen LogP contribution in [-0.2, 0) is 4.74 Å². The third-order valence-corrected chi connectivity index (χ3v) is 2.50. The molecule has 0 aromatic heterocycles. The van der Waals surface area contributed by atoms with Crippen LogP contribution in [0.15, 0.2) is 12.2 Å². The van der Waals surface area contributed by atoms with Crippen molar-refractivity contribution in [2.45, 2.75) is 26.0 Å². The zero-order valence-corrected chi connectivity index (χ0v) is 10.2. The van der Waals surface area contributed by atoms with Crippen molar-refractivity contribution in [3.05, 3.63) is 12.2 Å². The number of rotatable bonds is 5. The Hall–Kier alpha value is -0.890. The van der Waals surface area contributed by atoms with Crippen LogP contribution >= 0.6 is 0 Å². The molecule has 4 nitrogen and oxygen atoms in total. The summed E-state index contributed by atoms with van der Waals surface area (Å²) in [5.41, 5.74) is 1.16. The van der Waals surface area contributed by atoms with Gasteiger partial charge in [-0.25, -0.2) is 0 Å². The maximum Gasteiger partial charge on any atom is 0.156 e. The molecule has 1 unspecified atom stereocenters. The molecule has 16 heavy (non-hydrogen) atoms. The Balaban J connectivity index is 2.25. The maximum absolute atomic E-state index is 8.78. The molecule has 1 aliphatic heterocycles. The normalized spacial score (nSPS) is 22.0. The highest BCUT2D eigenvalue weighted by Crippen LogP contribution is 2.06. The van der Waals surface area contributed by atoms with Crippen LogP contribution in [-0.4, -0.2) is 49.8 Å². The van der Waals surface area contributed by atoms with Crippen LogP contribution in [0.3, 0.4) is 0 Å². The number of ether oxygens (including phenoxy) is 1. The van der Waals surface area contributed by atoms with Crippen molar-refractivity contribution in [2.24, 2.45) is 0 Å². The van der Waals surface area contributed by atoms with Crippen molar-refractivity contribution in [3.8, 4) is 6.07 Å². The summed E-state index contributed by atoms with van der Waals surface area (Å²) in [6.45, 7) is 12.2. The van der Waals surface area contributed by atoms with E-state index in [1.54, 1.807) is 0 Å². The lowest BCUT2D eigenvalue weighted by molar-refractivity contribution is 0.00408. The van der Waals surface area contributed by atoms with Gasteiger partial charge in [0.2, 0.25) is 0 Å². The predicted octanol–water partition coefficient (Wildman–Crippen LogP) is 0.765. The number of hydrogen-bond donors (Lipinski definition) is 1. The van der Waals surface area contributed by atoms with Gasteiger partial charge >= 0.3 is 0 Å². The van der Waals surface area contributed by atoms with Gasteiger partial charge in [-0.3, -0.25) is 4.90 Å². The van der Waals surface area contributed by atoms with Gasteiger partial charge in [0.15, 0.2) is 6.10 Å². The van der Waals surface area contributed by atoms with Crippen molar-refractivity contribution in [3.63, 3.8) is 0 Å². The summed E-state index contributed by atoms with van der Waals surface area (Å²) in [5.74, 6) is 0. The third kappa shape index (κ3) is 4.75. The molecule has 1 heterocycles. The fourth-order valence-corrected chi connectivity index (χ4v) is 1.64. The Labute approximate surface area is 97.9 Å². The van der Waals surface area contributed by atoms with E-state index >= 15 is 0 Å². The molecule has 0 aromatic rings. The molecule has 1 saturated heterocycles. The van der Waals surface area contributed by atoms with Crippen molar-refractivity contribution in [1.82, 2.24) is 10.2 Å². The van der Waals surface area contributed by atoms with Crippen LogP contribution in [0.2, 0.25) is 0 Å². The van der Waals surface area contributed by atoms with E-state index in [4.69, 9.17) is 10.00 Å². The molecule has 4 heteroatoms. The molecule has 0 aromatic carbocycles. The van der Waals surface area contributed by atoms with Gasteiger partial charge in [-0.2, -0.15) is 5.26 Å². The van der Waals surface area contributed by atoms with E-state index in [1.807, 2.05) is 0 Å². The molecule has 1 rings (SSSR count). The number of nitrogens with one attached hydrogen (secondary N) is 1. The highest BCUT2D eigenvalue weighted by molar-refractivity contribution is 5.02. The largest absolute Gasteiger partial charge is 0.361 e. The van der Waals surface area contributed by atoms with Crippen LogP contribution in [0.25, 0.3) is 0 Å². The molecular formula is C12H21N3O. The molecule has 0 amide bonds. The Morgan fingerprint density at radius 3 is 3.06 bits per heavy atom. The van der Waals surface area contributed by atoms with Gasteiger partial charge in [-0.05, 0) is 5.57 Å². The van der Waals surface area contributed by atoms with E-state index < -0.39 is 0 Å². The first kappa shape index (κ1) is 13.2. The van der Waals surface area contributed by atoms with Gasteiger partial charge in [0.05, 0.1) is 12.7 Å². The zero-order valence-electron chi connectivity index (χ0n) is 10.2. The second kappa shape index (κ2) is 6.64. The quantitative estimate of drug-likeness (QED) is 0.699. The van der Waals surface area contributed by atoms with Crippen molar-refractivity contribution in [2.75, 3.05) is 32.8 Å². The topological polar surface area (TPSA) is 48.3 Å². The van der Waals surface area contributed by atoms with Gasteiger partial charge in [0.25, 0.3) is 0 Å². The first-order valence-corrected chi connectivity index (χ1v) is 5.75. The SMILES string of the molecule is C=C(CNC(C)C)CN1CCOC(C#N)C1. The van der Waals surface area contributed by atoms with Crippen LogP contribution in [0, 0.1) is 11.3 Å². The number of hydrogen-bond acceptors (Lipinski definition) is 4. The molecule has 0 aliphatic carbocycles. The molecule has 1 aliphatic rings. The van der Waals surface area contributed by atoms with Crippen LogP contribution in [0.5, 0.6) is 0 Å². The monoisotopic (exact) mass is 223 g/mol. The molecule has 1 atom stereocenters. The van der Waals surface area contributed by atoms with E-state index in [0.29, 0.717) is 19.2 Å². The van der Waals surface area contributed by atoms with E-state index in [1.165, 1.54) is 0 Å². The molecule has 0 spiro atoms. The van der Waals surface area contributed by atoms with Gasteiger partial charge in [-0.15, -0.1) is 0 Å². The van der Waals surface area contributed by atoms with E-state index in [9.17, 15) is 0 Å². The lowest BCUT2D eigenvalue weighted by Crippen LogP contribution is -2.43. The summed E-state index contributed by atoms with van der Waals surface area (Å²) in [6.07, 6.45) is -0.278. The average molecular weight is 223 g/mol. The van der Waals surface area contributed by atoms with Crippen molar-refractivity contribution in [1.29, 1.82) is 5.26 Å². The molecule has 90 valence electrons. The second-order valence-electron chi connectivity index (χ2n) is 4.51. The summed E-state index contributed by atoms with van der Waals surface area (Å²) < 4.78 is 5.29. The minimum atomic E-state index is -0.278. The van der Waals surface area contributed by atoms with Gasteiger partial charge < -0.3 is 10.1 Å². The second-order valence-corrected chi connectivity index (χ2v) is 4.51. The molecule has 0 bridgehead atoms. The van der Waals surface area contributed by atoms with E-state index in [-0.39, 0.29) is 6.10 Å². The number of nitrogens with zero attached hydrogens (tertiary/aromatic N) is 2. The minimum absolute atomic E-state index is 0.278. The summed E-state index contributed by atoms with van der Waals surface area (Å²) in [5, 5.41) is 12.1. The van der Waals surface area contributed by atoms with Crippen LogP contribution in [0.1, 0.15) is 13.8 Å². The van der Waals surface area contributed by atoms with Crippen molar-refractivity contribution >= 4 is 0 Å². The smallest absolute Gasteiger partial charge is 0.156 e. The first-order chi connectivity index (χ1) is 7.61. The first-order valence-electron chi connectivity index (χ1n) is 5.75. The Morgan fingerprint density at radius 2 is 2.44 bits per heavy atom. The van der Waals surface area contributed by atoms with Crippen LogP contribution in [0.4, 0.5) is 0 Å². The van der Waals surface area contributed by atoms with Gasteiger partial charge in [0, 0.05) is 32.2 Å². The van der Waals surface area contributed by atoms with Gasteiger partial charge in [0.1, 0.15) is 0 Å². The Morgan fingerprint density at radius 1 is 1.69 bits per heavy atom. The van der Waals surface area contributed by atoms with Gasteiger partial charge in [-0.1, -0.05) is 20.4 Å². The van der Waals surface area contributed by atoms with Crippen LogP contribution < -0.4 is 5.32 Å². The predicted molar refractivity (Wildman–Crippen MR) is 64.1 cm³/mol. The fourth-order valence-electron chi connectivity index (χ4n) is 1.64. The Kier molecular flexibility index (Phi) is 5.47. The lowest BCUT2D eigenvalue weighted by atomic mass is 10.2. The number of nitriles is 1. The highest BCUT2D eigenvalue weighted by atomic mass is 16.5. The maximum atomic E-state index is 8.78. The molecule has 0 saturated carbocycles. The van der Waals surface area contributed by atoms with E-state index in [0.717, 1.165) is 25.2 Å². The molecule has 1 N–H and O–H groups in total. The summed E-state index contributed by atoms with van der Waals surface area (Å²) >= 11 is 0. The Bertz CT molecular complexity index is 270. The standard InChI is InChI=1S/C12H21N3O/c1-10(2)14-7-11(3)8-15-4-5-16-12(6-13)9-15/h10,12,14H,3-5,7-9H2,1-2H3. The number of morpholine rings is 1. The highest BCUT2D eigenvalue weighted by Gasteiger charge is 2.19. The van der Waals surface area contributed by atoms with Crippen molar-refractivity contribution < 1.29 is 4.74 Å². The third-order valence-electron chi connectivity index (χ3n) is 2.50. The summed E-state index contributed by atoms with van der Waals surface area (Å²) in [6, 6.07) is 2.63. The molecule has 0 radical (unpaired) electrons. The fraction of sp³-hybridized carbons (Fsp3) is 0.750. The lowest BCUT2D eigenvalue weighted by Gasteiger charge is -2.30.